The molecule has 0 nitrogen and oxygen atoms in total. The Kier molecular flexibility index (Phi) is 2.72. The Morgan fingerprint density at radius 3 is 2.17 bits per heavy atom. The second-order valence-electron chi connectivity index (χ2n) is 8.29. The van der Waals surface area contributed by atoms with Gasteiger partial charge in [-0.2, -0.15) is 0 Å². The van der Waals surface area contributed by atoms with Crippen molar-refractivity contribution in [3.8, 4) is 12.3 Å². The van der Waals surface area contributed by atoms with Crippen LogP contribution in [-0.4, -0.2) is 0 Å². The van der Waals surface area contributed by atoms with E-state index in [4.69, 9.17) is 6.42 Å². The van der Waals surface area contributed by atoms with Crippen LogP contribution in [0.15, 0.2) is 60.7 Å². The van der Waals surface area contributed by atoms with Gasteiger partial charge in [-0.3, -0.25) is 0 Å². The Bertz CT molecular complexity index is 814. The molecule has 3 aliphatic carbocycles. The smallest absolute Gasteiger partial charge is 0.0160 e. The quantitative estimate of drug-likeness (QED) is 0.678. The van der Waals surface area contributed by atoms with E-state index in [1.54, 1.807) is 5.56 Å². The number of benzene rings is 2. The molecule has 0 bridgehead atoms. The van der Waals surface area contributed by atoms with Crippen molar-refractivity contribution in [3.63, 3.8) is 0 Å². The van der Waals surface area contributed by atoms with Gasteiger partial charge in [-0.1, -0.05) is 67.6 Å². The average Bonchev–Trinajstić information content (AvgIpc) is 2.97. The Morgan fingerprint density at radius 1 is 0.958 bits per heavy atom. The zero-order valence-corrected chi connectivity index (χ0v) is 14.3. The minimum Gasteiger partial charge on any atom is -0.120 e. The third-order valence-electron chi connectivity index (χ3n) is 8.06. The third-order valence-corrected chi connectivity index (χ3v) is 8.06. The van der Waals surface area contributed by atoms with Crippen LogP contribution >= 0.6 is 0 Å². The molecule has 120 valence electrons. The van der Waals surface area contributed by atoms with Crippen molar-refractivity contribution in [1.29, 1.82) is 0 Å². The minimum absolute atomic E-state index is 0.239. The highest BCUT2D eigenvalue weighted by molar-refractivity contribution is 5.57. The molecule has 2 aromatic carbocycles. The van der Waals surface area contributed by atoms with E-state index in [1.165, 1.54) is 18.4 Å². The first kappa shape index (κ1) is 14.4. The first-order valence-electron chi connectivity index (χ1n) is 9.25. The van der Waals surface area contributed by atoms with E-state index < -0.39 is 0 Å². The van der Waals surface area contributed by atoms with E-state index in [2.05, 4.69) is 73.5 Å². The highest BCUT2D eigenvalue weighted by atomic mass is 15.0. The summed E-state index contributed by atoms with van der Waals surface area (Å²) in [6.07, 6.45) is 10.7. The van der Waals surface area contributed by atoms with E-state index in [9.17, 15) is 0 Å². The zero-order valence-electron chi connectivity index (χ0n) is 14.3. The summed E-state index contributed by atoms with van der Waals surface area (Å²) in [5, 5.41) is 0. The van der Waals surface area contributed by atoms with Crippen LogP contribution < -0.4 is 0 Å². The predicted octanol–water partition coefficient (Wildman–Crippen LogP) is 5.24. The molecule has 2 aromatic rings. The van der Waals surface area contributed by atoms with Gasteiger partial charge in [-0.25, -0.2) is 0 Å². The monoisotopic (exact) mass is 312 g/mol. The number of fused-ring (bicyclic) bond motifs is 4. The maximum absolute atomic E-state index is 5.92. The lowest BCUT2D eigenvalue weighted by Crippen LogP contribution is -2.54. The van der Waals surface area contributed by atoms with Gasteiger partial charge in [0, 0.05) is 17.3 Å². The molecule has 0 N–H and O–H groups in total. The Morgan fingerprint density at radius 2 is 1.58 bits per heavy atom. The molecule has 5 rings (SSSR count). The maximum Gasteiger partial charge on any atom is 0.0160 e. The van der Waals surface area contributed by atoms with E-state index in [0.717, 1.165) is 24.7 Å². The highest BCUT2D eigenvalue weighted by Gasteiger charge is 2.96. The summed E-state index contributed by atoms with van der Waals surface area (Å²) in [6.45, 7) is 2.54. The summed E-state index contributed by atoms with van der Waals surface area (Å²) in [7, 11) is 0. The topological polar surface area (TPSA) is 0 Å². The van der Waals surface area contributed by atoms with Gasteiger partial charge < -0.3 is 0 Å². The fraction of sp³-hybridized carbons (Fsp3) is 0.417. The van der Waals surface area contributed by atoms with Crippen LogP contribution in [0.1, 0.15) is 37.3 Å². The molecule has 3 aliphatic rings. The van der Waals surface area contributed by atoms with Crippen molar-refractivity contribution in [3.05, 3.63) is 71.8 Å². The predicted molar refractivity (Wildman–Crippen MR) is 98.5 cm³/mol. The molecule has 0 heterocycles. The fourth-order valence-corrected chi connectivity index (χ4v) is 7.25. The molecule has 0 saturated heterocycles. The van der Waals surface area contributed by atoms with Gasteiger partial charge in [0.2, 0.25) is 0 Å². The first-order valence-corrected chi connectivity index (χ1v) is 9.25. The van der Waals surface area contributed by atoms with Crippen molar-refractivity contribution >= 4 is 0 Å². The summed E-state index contributed by atoms with van der Waals surface area (Å²) >= 11 is 0. The lowest BCUT2D eigenvalue weighted by atomic mass is 9.46. The standard InChI is InChI=1S/C24H24/c1-3-16-23(17-18-10-6-4-7-11-18)22(2)20-14-15-21(20)24(22,23)19-12-8-5-9-13-19/h1,4-13,20-21H,14-17H2,2H3/t20-,21+,22-,23+,24+/m1/s1. The van der Waals surface area contributed by atoms with Crippen LogP contribution in [-0.2, 0) is 11.8 Å². The van der Waals surface area contributed by atoms with Crippen LogP contribution in [0.4, 0.5) is 0 Å². The van der Waals surface area contributed by atoms with Gasteiger partial charge in [0.25, 0.3) is 0 Å². The lowest BCUT2D eigenvalue weighted by Gasteiger charge is -2.58. The second kappa shape index (κ2) is 4.54. The molecule has 5 atom stereocenters. The molecule has 0 aromatic heterocycles. The van der Waals surface area contributed by atoms with Gasteiger partial charge in [0.15, 0.2) is 0 Å². The van der Waals surface area contributed by atoms with Crippen LogP contribution in [0.2, 0.25) is 0 Å². The molecule has 0 amide bonds. The molecule has 3 saturated carbocycles. The van der Waals surface area contributed by atoms with E-state index in [0.29, 0.717) is 10.8 Å². The number of hydrogen-bond donors (Lipinski definition) is 0. The minimum atomic E-state index is 0.239. The van der Waals surface area contributed by atoms with Crippen molar-refractivity contribution in [2.75, 3.05) is 0 Å². The summed E-state index contributed by atoms with van der Waals surface area (Å²) in [6, 6.07) is 22.3. The molecule has 0 spiro atoms. The van der Waals surface area contributed by atoms with Gasteiger partial charge >= 0.3 is 0 Å². The Balaban J connectivity index is 1.66. The summed E-state index contributed by atoms with van der Waals surface area (Å²) in [4.78, 5) is 0. The first-order chi connectivity index (χ1) is 11.7. The fourth-order valence-electron chi connectivity index (χ4n) is 7.25. The van der Waals surface area contributed by atoms with Crippen molar-refractivity contribution < 1.29 is 0 Å². The molecule has 0 radical (unpaired) electrons. The number of terminal acetylenes is 1. The lowest BCUT2D eigenvalue weighted by molar-refractivity contribution is -0.0483. The third kappa shape index (κ3) is 1.28. The summed E-state index contributed by atoms with van der Waals surface area (Å²) in [5.41, 5.74) is 3.92. The van der Waals surface area contributed by atoms with Crippen molar-refractivity contribution in [2.45, 2.75) is 38.0 Å². The molecule has 24 heavy (non-hydrogen) atoms. The van der Waals surface area contributed by atoms with Gasteiger partial charge in [-0.05, 0) is 47.6 Å². The second-order valence-corrected chi connectivity index (χ2v) is 8.29. The normalized spacial score (nSPS) is 41.2. The molecular weight excluding hydrogens is 288 g/mol. The number of hydrogen-bond acceptors (Lipinski definition) is 0. The van der Waals surface area contributed by atoms with E-state index >= 15 is 0 Å². The Hall–Kier alpha value is -2.00. The molecule has 0 unspecified atom stereocenters. The molecule has 3 fully saturated rings. The number of rotatable bonds is 4. The van der Waals surface area contributed by atoms with Crippen LogP contribution in [0.25, 0.3) is 0 Å². The van der Waals surface area contributed by atoms with Crippen molar-refractivity contribution in [2.24, 2.45) is 22.7 Å². The molecule has 0 heteroatoms. The Labute approximate surface area is 145 Å². The van der Waals surface area contributed by atoms with Crippen LogP contribution in [0.5, 0.6) is 0 Å². The van der Waals surface area contributed by atoms with Crippen LogP contribution in [0, 0.1) is 35.0 Å². The largest absolute Gasteiger partial charge is 0.120 e. The molecular formula is C24H24. The maximum atomic E-state index is 5.92. The van der Waals surface area contributed by atoms with Gasteiger partial charge in [0.05, 0.1) is 0 Å². The SMILES string of the molecule is C#CC[C@]1(Cc2ccccc2)[C@@]2(C)[C@@H]3CC[C@@H]3[C@]12c1ccccc1. The molecule has 0 aliphatic heterocycles. The summed E-state index contributed by atoms with van der Waals surface area (Å²) < 4.78 is 0. The van der Waals surface area contributed by atoms with Crippen molar-refractivity contribution in [1.82, 2.24) is 0 Å². The van der Waals surface area contributed by atoms with Gasteiger partial charge in [-0.15, -0.1) is 12.3 Å². The average molecular weight is 312 g/mol. The summed E-state index contributed by atoms with van der Waals surface area (Å²) in [5.74, 6) is 4.81. The van der Waals surface area contributed by atoms with E-state index in [-0.39, 0.29) is 5.41 Å². The van der Waals surface area contributed by atoms with E-state index in [1.807, 2.05) is 0 Å². The van der Waals surface area contributed by atoms with Crippen LogP contribution in [0.3, 0.4) is 0 Å². The highest BCUT2D eigenvalue weighted by Crippen LogP contribution is 2.98. The zero-order chi connectivity index (χ0) is 16.4. The van der Waals surface area contributed by atoms with Gasteiger partial charge in [0.1, 0.15) is 0 Å².